The number of benzene rings is 1. The molecule has 0 N–H and O–H groups in total. The molecule has 78 valence electrons. The van der Waals surface area contributed by atoms with Gasteiger partial charge >= 0.3 is 0 Å². The molecule has 0 aliphatic carbocycles. The first-order valence-corrected chi connectivity index (χ1v) is 4.41. The quantitative estimate of drug-likeness (QED) is 0.558. The van der Waals surface area contributed by atoms with Crippen LogP contribution < -0.4 is 4.74 Å². The van der Waals surface area contributed by atoms with Crippen molar-refractivity contribution in [2.45, 2.75) is 0 Å². The summed E-state index contributed by atoms with van der Waals surface area (Å²) >= 11 is 0. The Labute approximate surface area is 86.0 Å². The monoisotopic (exact) mass is 206 g/mol. The second-order valence-corrected chi connectivity index (χ2v) is 3.27. The summed E-state index contributed by atoms with van der Waals surface area (Å²) in [7, 11) is 3.32. The van der Waals surface area contributed by atoms with Crippen LogP contribution in [0.1, 0.15) is 0 Å². The summed E-state index contributed by atoms with van der Waals surface area (Å²) in [5.41, 5.74) is 0.925. The third-order valence-electron chi connectivity index (χ3n) is 2.37. The summed E-state index contributed by atoms with van der Waals surface area (Å²) in [6.45, 7) is 0. The van der Waals surface area contributed by atoms with Gasteiger partial charge in [0.05, 0.1) is 29.1 Å². The minimum Gasteiger partial charge on any atom is -0.497 e. The van der Waals surface area contributed by atoms with Gasteiger partial charge in [0.2, 0.25) is 0 Å². The van der Waals surface area contributed by atoms with Crippen LogP contribution in [0.25, 0.3) is 10.9 Å². The van der Waals surface area contributed by atoms with Gasteiger partial charge in [0.1, 0.15) is 5.75 Å². The van der Waals surface area contributed by atoms with Crippen molar-refractivity contribution in [2.75, 3.05) is 7.11 Å². The first-order valence-electron chi connectivity index (χ1n) is 4.41. The minimum atomic E-state index is -0.387. The van der Waals surface area contributed by atoms with Crippen LogP contribution in [0, 0.1) is 10.1 Å². The molecule has 5 heteroatoms. The van der Waals surface area contributed by atoms with Gasteiger partial charge in [-0.2, -0.15) is 0 Å². The summed E-state index contributed by atoms with van der Waals surface area (Å²) < 4.78 is 6.76. The van der Waals surface area contributed by atoms with E-state index < -0.39 is 0 Å². The molecule has 2 aromatic rings. The highest BCUT2D eigenvalue weighted by molar-refractivity contribution is 5.90. The minimum absolute atomic E-state index is 0.103. The normalized spacial score (nSPS) is 10.5. The van der Waals surface area contributed by atoms with Gasteiger partial charge in [-0.3, -0.25) is 10.1 Å². The lowest BCUT2D eigenvalue weighted by Gasteiger charge is -1.99. The van der Waals surface area contributed by atoms with Crippen molar-refractivity contribution < 1.29 is 9.66 Å². The fourth-order valence-electron chi connectivity index (χ4n) is 1.62. The highest BCUT2D eigenvalue weighted by Gasteiger charge is 2.16. The SMILES string of the molecule is COc1ccc2c(c1)c([N+](=O)[O-])cn2C. The maximum Gasteiger partial charge on any atom is 0.294 e. The van der Waals surface area contributed by atoms with Gasteiger partial charge in [0.15, 0.2) is 0 Å². The van der Waals surface area contributed by atoms with Crippen LogP contribution >= 0.6 is 0 Å². The van der Waals surface area contributed by atoms with Crippen LogP contribution in [-0.4, -0.2) is 16.6 Å². The number of methoxy groups -OCH3 is 1. The molecule has 0 fully saturated rings. The molecule has 0 amide bonds. The van der Waals surface area contributed by atoms with Gasteiger partial charge < -0.3 is 9.30 Å². The average Bonchev–Trinajstić information content (AvgIpc) is 2.56. The number of hydrogen-bond donors (Lipinski definition) is 0. The second kappa shape index (κ2) is 3.27. The van der Waals surface area contributed by atoms with E-state index in [-0.39, 0.29) is 10.6 Å². The van der Waals surface area contributed by atoms with E-state index in [1.54, 1.807) is 29.8 Å². The zero-order valence-corrected chi connectivity index (χ0v) is 8.43. The Morgan fingerprint density at radius 3 is 2.80 bits per heavy atom. The number of aryl methyl sites for hydroxylation is 1. The molecule has 0 spiro atoms. The Hall–Kier alpha value is -2.04. The summed E-state index contributed by atoms with van der Waals surface area (Å²) in [6, 6.07) is 5.26. The molecule has 1 aromatic heterocycles. The standard InChI is InChI=1S/C10H10N2O3/c1-11-6-10(12(13)14)8-5-7(15-2)3-4-9(8)11/h3-6H,1-2H3. The van der Waals surface area contributed by atoms with Crippen LogP contribution in [0.2, 0.25) is 0 Å². The molecule has 0 radical (unpaired) electrons. The number of ether oxygens (including phenoxy) is 1. The van der Waals surface area contributed by atoms with E-state index >= 15 is 0 Å². The Balaban J connectivity index is 2.77. The summed E-state index contributed by atoms with van der Waals surface area (Å²) in [5, 5.41) is 11.4. The number of nitro groups is 1. The van der Waals surface area contributed by atoms with Crippen LogP contribution in [0.4, 0.5) is 5.69 Å². The number of rotatable bonds is 2. The zero-order valence-electron chi connectivity index (χ0n) is 8.43. The van der Waals surface area contributed by atoms with Crippen molar-refractivity contribution in [3.63, 3.8) is 0 Å². The Bertz CT molecular complexity index is 531. The van der Waals surface area contributed by atoms with Crippen LogP contribution in [0.5, 0.6) is 5.75 Å². The van der Waals surface area contributed by atoms with Gasteiger partial charge in [0, 0.05) is 7.05 Å². The number of nitrogens with zero attached hydrogens (tertiary/aromatic N) is 2. The van der Waals surface area contributed by atoms with E-state index in [0.717, 1.165) is 5.52 Å². The lowest BCUT2D eigenvalue weighted by atomic mass is 10.2. The summed E-state index contributed by atoms with van der Waals surface area (Å²) in [5.74, 6) is 0.622. The molecule has 0 saturated carbocycles. The molecule has 1 heterocycles. The third-order valence-corrected chi connectivity index (χ3v) is 2.37. The first-order chi connectivity index (χ1) is 7.13. The predicted octanol–water partition coefficient (Wildman–Crippen LogP) is 2.10. The molecule has 1 aromatic carbocycles. The van der Waals surface area contributed by atoms with Crippen molar-refractivity contribution in [1.82, 2.24) is 4.57 Å². The van der Waals surface area contributed by atoms with E-state index in [2.05, 4.69) is 0 Å². The fourth-order valence-corrected chi connectivity index (χ4v) is 1.62. The Morgan fingerprint density at radius 2 is 2.20 bits per heavy atom. The molecule has 0 bridgehead atoms. The molecule has 0 saturated heterocycles. The second-order valence-electron chi connectivity index (χ2n) is 3.27. The molecule has 2 rings (SSSR count). The zero-order chi connectivity index (χ0) is 11.0. The van der Waals surface area contributed by atoms with Crippen molar-refractivity contribution in [3.8, 4) is 5.75 Å². The average molecular weight is 206 g/mol. The van der Waals surface area contributed by atoms with Gasteiger partial charge in [-0.05, 0) is 18.2 Å². The summed E-state index contributed by atoms with van der Waals surface area (Å²) in [6.07, 6.45) is 1.50. The largest absolute Gasteiger partial charge is 0.497 e. The van der Waals surface area contributed by atoms with Crippen molar-refractivity contribution >= 4 is 16.6 Å². The molecule has 0 aliphatic heterocycles. The van der Waals surface area contributed by atoms with E-state index in [0.29, 0.717) is 11.1 Å². The number of fused-ring (bicyclic) bond motifs is 1. The van der Waals surface area contributed by atoms with Crippen LogP contribution in [0.3, 0.4) is 0 Å². The third kappa shape index (κ3) is 1.41. The van der Waals surface area contributed by atoms with Gasteiger partial charge in [-0.1, -0.05) is 0 Å². The van der Waals surface area contributed by atoms with Crippen molar-refractivity contribution in [3.05, 3.63) is 34.5 Å². The molecule has 5 nitrogen and oxygen atoms in total. The predicted molar refractivity (Wildman–Crippen MR) is 56.1 cm³/mol. The fraction of sp³-hybridized carbons (Fsp3) is 0.200. The van der Waals surface area contributed by atoms with E-state index in [1.165, 1.54) is 13.3 Å². The van der Waals surface area contributed by atoms with E-state index in [4.69, 9.17) is 4.74 Å². The van der Waals surface area contributed by atoms with Crippen molar-refractivity contribution in [2.24, 2.45) is 7.05 Å². The van der Waals surface area contributed by atoms with Gasteiger partial charge in [0.25, 0.3) is 5.69 Å². The smallest absolute Gasteiger partial charge is 0.294 e. The molecule has 15 heavy (non-hydrogen) atoms. The van der Waals surface area contributed by atoms with Gasteiger partial charge in [-0.25, -0.2) is 0 Å². The maximum absolute atomic E-state index is 10.8. The summed E-state index contributed by atoms with van der Waals surface area (Å²) in [4.78, 5) is 10.4. The number of aromatic nitrogens is 1. The van der Waals surface area contributed by atoms with Crippen LogP contribution in [0.15, 0.2) is 24.4 Å². The highest BCUT2D eigenvalue weighted by Crippen LogP contribution is 2.30. The van der Waals surface area contributed by atoms with Gasteiger partial charge in [-0.15, -0.1) is 0 Å². The lowest BCUT2D eigenvalue weighted by Crippen LogP contribution is -1.86. The molecular weight excluding hydrogens is 196 g/mol. The Kier molecular flexibility index (Phi) is 2.07. The van der Waals surface area contributed by atoms with E-state index in [1.807, 2.05) is 0 Å². The molecular formula is C10H10N2O3. The van der Waals surface area contributed by atoms with Crippen LogP contribution in [-0.2, 0) is 7.05 Å². The molecule has 0 atom stereocenters. The van der Waals surface area contributed by atoms with E-state index in [9.17, 15) is 10.1 Å². The molecule has 0 unspecified atom stereocenters. The number of hydrogen-bond acceptors (Lipinski definition) is 3. The van der Waals surface area contributed by atoms with Crippen molar-refractivity contribution in [1.29, 1.82) is 0 Å². The maximum atomic E-state index is 10.8. The highest BCUT2D eigenvalue weighted by atomic mass is 16.6. The first kappa shape index (κ1) is 9.51. The Morgan fingerprint density at radius 1 is 1.47 bits per heavy atom. The topological polar surface area (TPSA) is 57.3 Å². The lowest BCUT2D eigenvalue weighted by molar-refractivity contribution is -0.383. The molecule has 0 aliphatic rings.